The van der Waals surface area contributed by atoms with E-state index in [9.17, 15) is 9.13 Å². The van der Waals surface area contributed by atoms with Gasteiger partial charge in [-0.15, -0.1) is 0 Å². The fourth-order valence-electron chi connectivity index (χ4n) is 4.61. The quantitative estimate of drug-likeness (QED) is 0.0140. The second-order valence-electron chi connectivity index (χ2n) is 10.4. The van der Waals surface area contributed by atoms with Crippen molar-refractivity contribution in [1.29, 1.82) is 0 Å². The van der Waals surface area contributed by atoms with E-state index in [4.69, 9.17) is 30.0 Å². The first-order valence-corrected chi connectivity index (χ1v) is 17.9. The third-order valence-corrected chi connectivity index (χ3v) is 8.93. The van der Waals surface area contributed by atoms with E-state index >= 15 is 0 Å². The zero-order valence-electron chi connectivity index (χ0n) is 23.3. The molecule has 0 aliphatic heterocycles. The van der Waals surface area contributed by atoms with Crippen molar-refractivity contribution >= 4 is 85.2 Å². The van der Waals surface area contributed by atoms with Crippen LogP contribution in [0.4, 0.5) is 0 Å². The van der Waals surface area contributed by atoms with E-state index in [-0.39, 0.29) is 72.0 Å². The van der Waals surface area contributed by atoms with Gasteiger partial charge in [-0.1, -0.05) is 139 Å². The Labute approximate surface area is 286 Å². The van der Waals surface area contributed by atoms with Crippen LogP contribution in [0.25, 0.3) is 0 Å². The molecule has 0 aromatic carbocycles. The van der Waals surface area contributed by atoms with Crippen molar-refractivity contribution in [2.45, 2.75) is 154 Å². The summed E-state index contributed by atoms with van der Waals surface area (Å²) in [5, 5.41) is 22.7. The number of nitrogens with zero attached hydrogens (tertiary/aromatic N) is 2. The van der Waals surface area contributed by atoms with Gasteiger partial charge in [-0.25, -0.2) is 0 Å². The molecule has 0 amide bonds. The molecule has 40 heavy (non-hydrogen) atoms. The van der Waals surface area contributed by atoms with Crippen LogP contribution in [0.5, 0.6) is 0 Å². The zero-order valence-corrected chi connectivity index (χ0v) is 25.0. The molecule has 0 radical (unpaired) electrons. The summed E-state index contributed by atoms with van der Waals surface area (Å²) in [5.41, 5.74) is -0.823. The van der Waals surface area contributed by atoms with Crippen molar-refractivity contribution < 1.29 is 39.1 Å². The average molecular weight is 633 g/mol. The van der Waals surface area contributed by atoms with Gasteiger partial charge in [0.1, 0.15) is 0 Å². The van der Waals surface area contributed by atoms with Crippen molar-refractivity contribution in [3.63, 3.8) is 0 Å². The molecule has 0 heterocycles. The SMILES string of the molecule is O=P(O)(O)/C(CCCCCCCCCCCCCCCCCCCCCCCC/C(=N/O)P(=O)(O)O)=N\O.[NaH].[NaH]. The van der Waals surface area contributed by atoms with Crippen LogP contribution < -0.4 is 0 Å². The molecule has 0 bridgehead atoms. The van der Waals surface area contributed by atoms with Gasteiger partial charge < -0.3 is 30.0 Å². The fourth-order valence-corrected chi connectivity index (χ4v) is 5.74. The van der Waals surface area contributed by atoms with E-state index in [1.54, 1.807) is 0 Å². The Hall–Kier alpha value is 1.24. The number of rotatable bonds is 27. The van der Waals surface area contributed by atoms with E-state index in [0.717, 1.165) is 38.5 Å². The Bertz CT molecular complexity index is 673. The molecule has 0 atom stereocenters. The summed E-state index contributed by atoms with van der Waals surface area (Å²) >= 11 is 0. The Balaban J connectivity index is -0.00000684. The molecular formula is C26H56N2Na2O8P2. The second kappa shape index (κ2) is 30.3. The van der Waals surface area contributed by atoms with Crippen molar-refractivity contribution in [3.05, 3.63) is 0 Å². The molecule has 10 nitrogen and oxygen atoms in total. The minimum atomic E-state index is -4.40. The van der Waals surface area contributed by atoms with Crippen molar-refractivity contribution in [3.8, 4) is 0 Å². The van der Waals surface area contributed by atoms with Gasteiger partial charge in [0, 0.05) is 12.8 Å². The standard InChI is InChI=1S/C26H54N2O8P2.2Na.2H/c29-27-25(37(31,32)33)23-21-19-17-15-13-11-9-7-5-3-1-2-4-6-8-10-12-14-16-18-20-22-24-26(28-30)38(34,35)36;;;;/h29-30H,1-24H2,(H2,31,32,33)(H2,34,35,36);;;;/b27-25-,28-26-;;;;. The monoisotopic (exact) mass is 632 g/mol. The van der Waals surface area contributed by atoms with E-state index in [1.165, 1.54) is 89.9 Å². The zero-order chi connectivity index (χ0) is 28.5. The molecule has 6 N–H and O–H groups in total. The normalized spacial score (nSPS) is 12.7. The first kappa shape index (κ1) is 45.7. The van der Waals surface area contributed by atoms with Crippen LogP contribution >= 0.6 is 15.2 Å². The Morgan fingerprint density at radius 3 is 0.650 bits per heavy atom. The molecule has 0 aliphatic carbocycles. The topological polar surface area (TPSA) is 180 Å². The molecule has 0 aliphatic rings. The van der Waals surface area contributed by atoms with E-state index < -0.39 is 26.1 Å². The fraction of sp³-hybridized carbons (Fsp3) is 0.923. The van der Waals surface area contributed by atoms with Gasteiger partial charge >= 0.3 is 74.3 Å². The molecule has 0 fully saturated rings. The van der Waals surface area contributed by atoms with Crippen LogP contribution in [-0.4, -0.2) is 100 Å². The Morgan fingerprint density at radius 2 is 0.525 bits per heavy atom. The Morgan fingerprint density at radius 1 is 0.375 bits per heavy atom. The number of unbranched alkanes of at least 4 members (excludes halogenated alkanes) is 21. The number of oxime groups is 2. The number of hydrogen-bond donors (Lipinski definition) is 6. The van der Waals surface area contributed by atoms with E-state index in [0.29, 0.717) is 12.8 Å². The summed E-state index contributed by atoms with van der Waals surface area (Å²) < 4.78 is 22.1. The third-order valence-electron chi connectivity index (χ3n) is 6.95. The summed E-state index contributed by atoms with van der Waals surface area (Å²) in [4.78, 5) is 35.9. The van der Waals surface area contributed by atoms with Crippen LogP contribution in [0.1, 0.15) is 154 Å². The van der Waals surface area contributed by atoms with Gasteiger partial charge in [0.25, 0.3) is 0 Å². The van der Waals surface area contributed by atoms with Gasteiger partial charge in [-0.05, 0) is 12.8 Å². The summed E-state index contributed by atoms with van der Waals surface area (Å²) in [6.45, 7) is 0. The van der Waals surface area contributed by atoms with Crippen molar-refractivity contribution in [2.75, 3.05) is 0 Å². The van der Waals surface area contributed by atoms with Gasteiger partial charge in [-0.2, -0.15) is 0 Å². The van der Waals surface area contributed by atoms with Crippen LogP contribution in [0, 0.1) is 0 Å². The minimum absolute atomic E-state index is 0. The van der Waals surface area contributed by atoms with Gasteiger partial charge in [0.15, 0.2) is 10.9 Å². The first-order valence-electron chi connectivity index (χ1n) is 14.7. The molecule has 230 valence electrons. The molecule has 0 saturated heterocycles. The summed E-state index contributed by atoms with van der Waals surface area (Å²) in [7, 11) is -8.80. The second-order valence-corrected chi connectivity index (χ2v) is 13.6. The van der Waals surface area contributed by atoms with Crippen molar-refractivity contribution in [2.24, 2.45) is 10.3 Å². The van der Waals surface area contributed by atoms with Crippen LogP contribution in [0.3, 0.4) is 0 Å². The van der Waals surface area contributed by atoms with E-state index in [1.807, 2.05) is 0 Å². The molecule has 0 saturated carbocycles. The first-order chi connectivity index (χ1) is 18.1. The molecular weight excluding hydrogens is 576 g/mol. The van der Waals surface area contributed by atoms with E-state index in [2.05, 4.69) is 10.3 Å². The molecule has 0 aromatic rings. The maximum absolute atomic E-state index is 11.0. The molecule has 14 heteroatoms. The van der Waals surface area contributed by atoms with Gasteiger partial charge in [-0.3, -0.25) is 9.13 Å². The Kier molecular flexibility index (Phi) is 34.6. The predicted octanol–water partition coefficient (Wildman–Crippen LogP) is 6.98. The summed E-state index contributed by atoms with van der Waals surface area (Å²) in [5.74, 6) is 0. The van der Waals surface area contributed by atoms with Crippen LogP contribution in [0.15, 0.2) is 10.3 Å². The maximum atomic E-state index is 11.0. The predicted molar refractivity (Wildman–Crippen MR) is 168 cm³/mol. The van der Waals surface area contributed by atoms with Crippen molar-refractivity contribution in [1.82, 2.24) is 0 Å². The molecule has 0 spiro atoms. The molecule has 0 unspecified atom stereocenters. The van der Waals surface area contributed by atoms with Crippen LogP contribution in [0.2, 0.25) is 0 Å². The average Bonchev–Trinajstić information content (AvgIpc) is 2.84. The third kappa shape index (κ3) is 29.3. The van der Waals surface area contributed by atoms with Gasteiger partial charge in [0.05, 0.1) is 0 Å². The van der Waals surface area contributed by atoms with Gasteiger partial charge in [0.2, 0.25) is 0 Å². The number of hydrogen-bond acceptors (Lipinski definition) is 6. The molecule has 0 rings (SSSR count). The summed E-state index contributed by atoms with van der Waals surface area (Å²) in [6.07, 6.45) is 25.8. The molecule has 0 aromatic heterocycles. The van der Waals surface area contributed by atoms with Crippen LogP contribution in [-0.2, 0) is 9.13 Å². The summed E-state index contributed by atoms with van der Waals surface area (Å²) in [6, 6.07) is 0.